The lowest BCUT2D eigenvalue weighted by Gasteiger charge is -2.22. The van der Waals surface area contributed by atoms with Crippen molar-refractivity contribution in [2.45, 2.75) is 19.3 Å². The van der Waals surface area contributed by atoms with E-state index in [1.54, 1.807) is 0 Å². The second-order valence-electron chi connectivity index (χ2n) is 14.4. The highest BCUT2D eigenvalue weighted by Crippen LogP contribution is 2.49. The highest BCUT2D eigenvalue weighted by atomic mass is 15.0. The van der Waals surface area contributed by atoms with E-state index in [0.717, 1.165) is 16.7 Å². The largest absolute Gasteiger partial charge is 0.292 e. The van der Waals surface area contributed by atoms with Crippen molar-refractivity contribution in [1.29, 1.82) is 0 Å². The summed E-state index contributed by atoms with van der Waals surface area (Å²) in [6.07, 6.45) is 0. The van der Waals surface area contributed by atoms with Crippen LogP contribution in [-0.2, 0) is 5.41 Å². The highest BCUT2D eigenvalue weighted by Gasteiger charge is 2.35. The molecule has 50 heavy (non-hydrogen) atoms. The van der Waals surface area contributed by atoms with Crippen LogP contribution in [0.25, 0.3) is 93.3 Å². The van der Waals surface area contributed by atoms with Crippen LogP contribution in [0.15, 0.2) is 158 Å². The number of hydrogen-bond acceptors (Lipinski definition) is 1. The number of fused-ring (bicyclic) bond motifs is 14. The van der Waals surface area contributed by atoms with E-state index in [1.165, 1.54) is 87.7 Å². The van der Waals surface area contributed by atoms with Gasteiger partial charge in [0.25, 0.3) is 0 Å². The maximum absolute atomic E-state index is 5.18. The third kappa shape index (κ3) is 3.76. The molecule has 234 valence electrons. The van der Waals surface area contributed by atoms with Gasteiger partial charge in [-0.3, -0.25) is 4.40 Å². The summed E-state index contributed by atoms with van der Waals surface area (Å²) in [5, 5.41) is 8.62. The molecule has 2 aromatic heterocycles. The molecule has 0 radical (unpaired) electrons. The molecule has 0 unspecified atom stereocenters. The Balaban J connectivity index is 1.05. The summed E-state index contributed by atoms with van der Waals surface area (Å²) in [4.78, 5) is 5.18. The molecule has 1 aliphatic carbocycles. The van der Waals surface area contributed by atoms with Crippen LogP contribution >= 0.6 is 0 Å². The monoisotopic (exact) mass is 636 g/mol. The van der Waals surface area contributed by atoms with E-state index in [2.05, 4.69) is 176 Å². The smallest absolute Gasteiger partial charge is 0.147 e. The fourth-order valence-corrected chi connectivity index (χ4v) is 8.79. The molecule has 0 saturated carbocycles. The molecule has 0 bridgehead atoms. The number of para-hydroxylation sites is 2. The first-order chi connectivity index (χ1) is 24.5. The van der Waals surface area contributed by atoms with Gasteiger partial charge in [0.05, 0.1) is 16.6 Å². The van der Waals surface area contributed by atoms with Crippen LogP contribution in [0.1, 0.15) is 25.0 Å². The Morgan fingerprint density at radius 2 is 1.08 bits per heavy atom. The number of aromatic nitrogens is 2. The zero-order valence-electron chi connectivity index (χ0n) is 27.9. The summed E-state index contributed by atoms with van der Waals surface area (Å²) in [6.45, 7) is 4.70. The van der Waals surface area contributed by atoms with Crippen LogP contribution in [0, 0.1) is 0 Å². The van der Waals surface area contributed by atoms with E-state index >= 15 is 0 Å². The Labute approximate surface area is 289 Å². The summed E-state index contributed by atoms with van der Waals surface area (Å²) in [6, 6.07) is 58.3. The van der Waals surface area contributed by atoms with E-state index in [1.807, 2.05) is 0 Å². The fourth-order valence-electron chi connectivity index (χ4n) is 8.79. The Hall–Kier alpha value is -6.25. The molecule has 0 amide bonds. The lowest BCUT2D eigenvalue weighted by Crippen LogP contribution is -2.14. The van der Waals surface area contributed by atoms with Gasteiger partial charge in [-0.1, -0.05) is 129 Å². The van der Waals surface area contributed by atoms with Gasteiger partial charge in [-0.15, -0.1) is 0 Å². The number of nitrogens with zero attached hydrogens (tertiary/aromatic N) is 2. The van der Waals surface area contributed by atoms with Gasteiger partial charge in [-0.25, -0.2) is 4.98 Å². The molecule has 0 N–H and O–H groups in total. The van der Waals surface area contributed by atoms with E-state index < -0.39 is 0 Å². The molecule has 8 aromatic carbocycles. The molecule has 0 atom stereocenters. The first-order valence-corrected chi connectivity index (χ1v) is 17.5. The average molecular weight is 637 g/mol. The number of pyridine rings is 1. The fraction of sp³-hybridized carbons (Fsp3) is 0.0625. The predicted octanol–water partition coefficient (Wildman–Crippen LogP) is 12.7. The normalized spacial score (nSPS) is 13.6. The van der Waals surface area contributed by atoms with Crippen LogP contribution in [0.3, 0.4) is 0 Å². The minimum absolute atomic E-state index is 0.0112. The van der Waals surface area contributed by atoms with Gasteiger partial charge >= 0.3 is 0 Å². The molecule has 1 aliphatic rings. The van der Waals surface area contributed by atoms with Gasteiger partial charge in [-0.2, -0.15) is 0 Å². The first-order valence-electron chi connectivity index (χ1n) is 17.5. The van der Waals surface area contributed by atoms with Crippen LogP contribution in [0.4, 0.5) is 0 Å². The van der Waals surface area contributed by atoms with Crippen LogP contribution in [-0.4, -0.2) is 9.38 Å². The van der Waals surface area contributed by atoms with E-state index in [-0.39, 0.29) is 5.41 Å². The van der Waals surface area contributed by atoms with Crippen molar-refractivity contribution in [1.82, 2.24) is 9.38 Å². The topological polar surface area (TPSA) is 17.3 Å². The molecule has 0 spiro atoms. The molecule has 10 aromatic rings. The van der Waals surface area contributed by atoms with Gasteiger partial charge in [-0.05, 0) is 114 Å². The quantitative estimate of drug-likeness (QED) is 0.173. The summed E-state index contributed by atoms with van der Waals surface area (Å²) in [7, 11) is 0. The maximum atomic E-state index is 5.18. The van der Waals surface area contributed by atoms with Crippen molar-refractivity contribution < 1.29 is 0 Å². The van der Waals surface area contributed by atoms with Gasteiger partial charge in [0, 0.05) is 16.2 Å². The third-order valence-corrected chi connectivity index (χ3v) is 11.3. The van der Waals surface area contributed by atoms with E-state index in [0.29, 0.717) is 0 Å². The second kappa shape index (κ2) is 9.90. The van der Waals surface area contributed by atoms with Crippen molar-refractivity contribution in [2.75, 3.05) is 0 Å². The minimum Gasteiger partial charge on any atom is -0.292 e. The van der Waals surface area contributed by atoms with Gasteiger partial charge < -0.3 is 0 Å². The Morgan fingerprint density at radius 3 is 1.94 bits per heavy atom. The SMILES string of the molecule is CC1(C)c2ccccc2-c2ccc(-c3ccc4cc(-c5ccc6c(c5)c5ccc7ccccc7c5c5nc7ccccc7n65)ccc4c3)cc21. The predicted molar refractivity (Wildman–Crippen MR) is 211 cm³/mol. The molecule has 2 heterocycles. The number of hydrogen-bond donors (Lipinski definition) is 0. The Kier molecular flexibility index (Phi) is 5.48. The molecule has 11 rings (SSSR count). The molecule has 2 nitrogen and oxygen atoms in total. The zero-order chi connectivity index (χ0) is 33.1. The summed E-state index contributed by atoms with van der Waals surface area (Å²) < 4.78 is 2.35. The molecule has 0 aliphatic heterocycles. The van der Waals surface area contributed by atoms with Crippen molar-refractivity contribution in [3.8, 4) is 33.4 Å². The lowest BCUT2D eigenvalue weighted by molar-refractivity contribution is 0.660. The van der Waals surface area contributed by atoms with Gasteiger partial charge in [0.15, 0.2) is 0 Å². The van der Waals surface area contributed by atoms with Crippen LogP contribution in [0.5, 0.6) is 0 Å². The summed E-state index contributed by atoms with van der Waals surface area (Å²) >= 11 is 0. The average Bonchev–Trinajstić information content (AvgIpc) is 3.66. The van der Waals surface area contributed by atoms with Crippen molar-refractivity contribution >= 4 is 59.9 Å². The molecular formula is C48H32N2. The molecular weight excluding hydrogens is 605 g/mol. The Bertz CT molecular complexity index is 3070. The first kappa shape index (κ1) is 27.7. The van der Waals surface area contributed by atoms with Crippen molar-refractivity contribution in [2.24, 2.45) is 0 Å². The molecule has 0 fully saturated rings. The van der Waals surface area contributed by atoms with Crippen LogP contribution < -0.4 is 0 Å². The van der Waals surface area contributed by atoms with Crippen molar-refractivity contribution in [3.63, 3.8) is 0 Å². The van der Waals surface area contributed by atoms with E-state index in [4.69, 9.17) is 4.98 Å². The Morgan fingerprint density at radius 1 is 0.440 bits per heavy atom. The van der Waals surface area contributed by atoms with Crippen LogP contribution in [0.2, 0.25) is 0 Å². The van der Waals surface area contributed by atoms with Gasteiger partial charge in [0.2, 0.25) is 0 Å². The van der Waals surface area contributed by atoms with Gasteiger partial charge in [0.1, 0.15) is 5.65 Å². The number of benzene rings is 8. The third-order valence-electron chi connectivity index (χ3n) is 11.3. The lowest BCUT2D eigenvalue weighted by atomic mass is 9.81. The summed E-state index contributed by atoms with van der Waals surface area (Å²) in [5.74, 6) is 0. The maximum Gasteiger partial charge on any atom is 0.147 e. The summed E-state index contributed by atoms with van der Waals surface area (Å²) in [5.41, 5.74) is 14.8. The highest BCUT2D eigenvalue weighted by molar-refractivity contribution is 6.23. The molecule has 0 saturated heterocycles. The second-order valence-corrected chi connectivity index (χ2v) is 14.4. The standard InChI is InChI=1S/C48H32N2/c1-48(2)41-12-6-5-11-37(41)38-22-20-35(28-42(38)48)33-18-16-30-25-32(17-15-31(30)26-33)34-21-24-44-40(27-34)39-23-19-29-9-3-4-10-36(29)46(39)47-49-43-13-7-8-14-45(43)50(44)47/h3-28H,1-2H3. The zero-order valence-corrected chi connectivity index (χ0v) is 27.9. The minimum atomic E-state index is -0.0112. The van der Waals surface area contributed by atoms with E-state index in [9.17, 15) is 0 Å². The number of imidazole rings is 1. The molecule has 2 heteroatoms. The number of rotatable bonds is 2. The van der Waals surface area contributed by atoms with Crippen molar-refractivity contribution in [3.05, 3.63) is 169 Å².